The number of halogens is 2. The van der Waals surface area contributed by atoms with Gasteiger partial charge in [0, 0.05) is 6.20 Å². The number of anilines is 1. The van der Waals surface area contributed by atoms with Crippen molar-refractivity contribution in [2.45, 2.75) is 20.0 Å². The van der Waals surface area contributed by atoms with Crippen molar-refractivity contribution in [2.24, 2.45) is 0 Å². The predicted octanol–water partition coefficient (Wildman–Crippen LogP) is 3.98. The molecular weight excluding hydrogens is 395 g/mol. The highest BCUT2D eigenvalue weighted by Gasteiger charge is 2.21. The van der Waals surface area contributed by atoms with E-state index in [0.29, 0.717) is 23.1 Å². The number of carbonyl (C=O) groups excluding carboxylic acids is 2. The molecule has 0 aliphatic carbocycles. The minimum atomic E-state index is -1.08. The Morgan fingerprint density at radius 1 is 1.22 bits per heavy atom. The summed E-state index contributed by atoms with van der Waals surface area (Å²) in [5.41, 5.74) is 0.224. The number of aromatic nitrogens is 1. The van der Waals surface area contributed by atoms with Gasteiger partial charge < -0.3 is 19.5 Å². The summed E-state index contributed by atoms with van der Waals surface area (Å²) in [7, 11) is 1.50. The van der Waals surface area contributed by atoms with Gasteiger partial charge >= 0.3 is 5.97 Å². The van der Waals surface area contributed by atoms with Gasteiger partial charge in [0.25, 0.3) is 5.91 Å². The van der Waals surface area contributed by atoms with Crippen molar-refractivity contribution >= 4 is 40.9 Å². The lowest BCUT2D eigenvalue weighted by molar-refractivity contribution is -0.123. The van der Waals surface area contributed by atoms with Crippen molar-refractivity contribution in [3.05, 3.63) is 46.1 Å². The molecule has 7 nitrogen and oxygen atoms in total. The van der Waals surface area contributed by atoms with E-state index in [4.69, 9.17) is 37.4 Å². The van der Waals surface area contributed by atoms with E-state index in [1.165, 1.54) is 38.4 Å². The zero-order chi connectivity index (χ0) is 20.0. The second kappa shape index (κ2) is 9.43. The zero-order valence-electron chi connectivity index (χ0n) is 14.9. The van der Waals surface area contributed by atoms with Gasteiger partial charge in [-0.15, -0.1) is 0 Å². The number of hydrogen-bond donors (Lipinski definition) is 1. The van der Waals surface area contributed by atoms with Crippen LogP contribution in [-0.2, 0) is 9.53 Å². The maximum absolute atomic E-state index is 12.3. The molecule has 2 aromatic rings. The van der Waals surface area contributed by atoms with E-state index in [9.17, 15) is 9.59 Å². The number of ether oxygens (including phenoxy) is 3. The first-order valence-corrected chi connectivity index (χ1v) is 8.75. The van der Waals surface area contributed by atoms with Crippen LogP contribution in [0.2, 0.25) is 10.0 Å². The molecule has 0 saturated carbocycles. The van der Waals surface area contributed by atoms with Crippen molar-refractivity contribution in [2.75, 3.05) is 19.0 Å². The lowest BCUT2D eigenvalue weighted by atomic mass is 10.2. The summed E-state index contributed by atoms with van der Waals surface area (Å²) in [5.74, 6) is -0.251. The second-order valence-electron chi connectivity index (χ2n) is 5.32. The molecule has 0 aliphatic heterocycles. The molecule has 1 amide bonds. The van der Waals surface area contributed by atoms with Gasteiger partial charge in [0.05, 0.1) is 29.3 Å². The topological polar surface area (TPSA) is 86.8 Å². The summed E-state index contributed by atoms with van der Waals surface area (Å²) < 4.78 is 15.8. The molecule has 9 heteroatoms. The number of pyridine rings is 1. The highest BCUT2D eigenvalue weighted by atomic mass is 35.5. The van der Waals surface area contributed by atoms with Gasteiger partial charge in [-0.2, -0.15) is 0 Å². The van der Waals surface area contributed by atoms with Gasteiger partial charge in [-0.25, -0.2) is 9.78 Å². The van der Waals surface area contributed by atoms with Gasteiger partial charge in [0.2, 0.25) is 0 Å². The fourth-order valence-electron chi connectivity index (χ4n) is 2.08. The first kappa shape index (κ1) is 20.8. The van der Waals surface area contributed by atoms with E-state index >= 15 is 0 Å². The van der Waals surface area contributed by atoms with Crippen LogP contribution in [0.25, 0.3) is 0 Å². The van der Waals surface area contributed by atoms with Gasteiger partial charge in [-0.05, 0) is 38.1 Å². The van der Waals surface area contributed by atoms with E-state index in [1.807, 2.05) is 6.92 Å². The smallest absolute Gasteiger partial charge is 0.339 e. The molecule has 0 aliphatic rings. The summed E-state index contributed by atoms with van der Waals surface area (Å²) in [4.78, 5) is 28.5. The largest absolute Gasteiger partial charge is 0.493 e. The number of carbonyl (C=O) groups is 2. The van der Waals surface area contributed by atoms with Crippen LogP contribution >= 0.6 is 23.2 Å². The van der Waals surface area contributed by atoms with Crippen LogP contribution in [-0.4, -0.2) is 36.7 Å². The molecule has 1 heterocycles. The average Bonchev–Trinajstić information content (AvgIpc) is 2.64. The Labute approximate surface area is 166 Å². The molecule has 1 atom stereocenters. The lowest BCUT2D eigenvalue weighted by Crippen LogP contribution is -2.30. The summed E-state index contributed by atoms with van der Waals surface area (Å²) >= 11 is 11.7. The van der Waals surface area contributed by atoms with Crippen LogP contribution in [0.5, 0.6) is 11.5 Å². The van der Waals surface area contributed by atoms with Crippen molar-refractivity contribution in [1.29, 1.82) is 0 Å². The van der Waals surface area contributed by atoms with E-state index in [0.717, 1.165) is 0 Å². The van der Waals surface area contributed by atoms with E-state index in [-0.39, 0.29) is 16.4 Å². The molecule has 0 fully saturated rings. The first-order valence-electron chi connectivity index (χ1n) is 7.99. The quantitative estimate of drug-likeness (QED) is 0.691. The SMILES string of the molecule is CCOc1cc(C(=O)O[C@H](C)C(=O)Nc2ncc(Cl)cc2Cl)ccc1OC. The Morgan fingerprint density at radius 3 is 2.59 bits per heavy atom. The molecule has 0 spiro atoms. The minimum absolute atomic E-state index is 0.122. The highest BCUT2D eigenvalue weighted by molar-refractivity contribution is 6.36. The van der Waals surface area contributed by atoms with Crippen molar-refractivity contribution < 1.29 is 23.8 Å². The number of methoxy groups -OCH3 is 1. The number of amides is 1. The zero-order valence-corrected chi connectivity index (χ0v) is 16.4. The third-order valence-corrected chi connectivity index (χ3v) is 3.90. The number of nitrogens with zero attached hydrogens (tertiary/aromatic N) is 1. The molecular formula is C18H18Cl2N2O5. The number of esters is 1. The average molecular weight is 413 g/mol. The number of rotatable bonds is 7. The van der Waals surface area contributed by atoms with Crippen LogP contribution in [0.1, 0.15) is 24.2 Å². The highest BCUT2D eigenvalue weighted by Crippen LogP contribution is 2.28. The predicted molar refractivity (Wildman–Crippen MR) is 102 cm³/mol. The third-order valence-electron chi connectivity index (χ3n) is 3.40. The normalized spacial score (nSPS) is 11.4. The van der Waals surface area contributed by atoms with Crippen LogP contribution in [0.4, 0.5) is 5.82 Å². The standard InChI is InChI=1S/C18H18Cl2N2O5/c1-4-26-15-7-11(5-6-14(15)25-3)18(24)27-10(2)17(23)22-16-13(20)8-12(19)9-21-16/h5-10H,4H2,1-3H3,(H,21,22,23)/t10-/m1/s1. The maximum atomic E-state index is 12.3. The van der Waals surface area contributed by atoms with Crippen molar-refractivity contribution in [1.82, 2.24) is 4.98 Å². The Morgan fingerprint density at radius 2 is 1.96 bits per heavy atom. The van der Waals surface area contributed by atoms with Gasteiger partial charge in [-0.3, -0.25) is 4.79 Å². The lowest BCUT2D eigenvalue weighted by Gasteiger charge is -2.15. The second-order valence-corrected chi connectivity index (χ2v) is 6.16. The van der Waals surface area contributed by atoms with Crippen LogP contribution in [0.15, 0.2) is 30.5 Å². The van der Waals surface area contributed by atoms with Gasteiger partial charge in [-0.1, -0.05) is 23.2 Å². The number of nitrogens with one attached hydrogen (secondary N) is 1. The molecule has 1 N–H and O–H groups in total. The Bertz CT molecular complexity index is 844. The molecule has 1 aromatic carbocycles. The van der Waals surface area contributed by atoms with Gasteiger partial charge in [0.15, 0.2) is 23.4 Å². The third kappa shape index (κ3) is 5.48. The van der Waals surface area contributed by atoms with E-state index < -0.39 is 18.0 Å². The molecule has 0 saturated heterocycles. The minimum Gasteiger partial charge on any atom is -0.493 e. The van der Waals surface area contributed by atoms with Crippen LogP contribution < -0.4 is 14.8 Å². The Balaban J connectivity index is 2.06. The molecule has 2 rings (SSSR count). The number of hydrogen-bond acceptors (Lipinski definition) is 6. The summed E-state index contributed by atoms with van der Waals surface area (Å²) in [6.45, 7) is 3.65. The molecule has 0 bridgehead atoms. The van der Waals surface area contributed by atoms with E-state index in [2.05, 4.69) is 10.3 Å². The van der Waals surface area contributed by atoms with Crippen molar-refractivity contribution in [3.8, 4) is 11.5 Å². The monoisotopic (exact) mass is 412 g/mol. The summed E-state index contributed by atoms with van der Waals surface area (Å²) in [6, 6.07) is 6.04. The van der Waals surface area contributed by atoms with E-state index in [1.54, 1.807) is 6.07 Å². The molecule has 0 radical (unpaired) electrons. The van der Waals surface area contributed by atoms with Gasteiger partial charge in [0.1, 0.15) is 0 Å². The first-order chi connectivity index (χ1) is 12.8. The summed E-state index contributed by atoms with van der Waals surface area (Å²) in [6.07, 6.45) is 0.260. The van der Waals surface area contributed by atoms with Crippen molar-refractivity contribution in [3.63, 3.8) is 0 Å². The Kier molecular flexibility index (Phi) is 7.27. The number of benzene rings is 1. The molecule has 1 aromatic heterocycles. The maximum Gasteiger partial charge on any atom is 0.339 e. The summed E-state index contributed by atoms with van der Waals surface area (Å²) in [5, 5.41) is 2.99. The van der Waals surface area contributed by atoms with Crippen LogP contribution in [0, 0.1) is 0 Å². The fraction of sp³-hybridized carbons (Fsp3) is 0.278. The fourth-order valence-corrected chi connectivity index (χ4v) is 2.51. The molecule has 27 heavy (non-hydrogen) atoms. The molecule has 144 valence electrons. The molecule has 0 unspecified atom stereocenters. The Hall–Kier alpha value is -2.51. The van der Waals surface area contributed by atoms with Crippen LogP contribution in [0.3, 0.4) is 0 Å².